The van der Waals surface area contributed by atoms with E-state index >= 15 is 0 Å². The summed E-state index contributed by atoms with van der Waals surface area (Å²) in [5, 5.41) is 0. The number of ether oxygens (including phenoxy) is 3. The molecule has 0 heterocycles. The standard InChI is InChI=1S/C70H134O6/c1-4-7-10-13-16-19-22-25-28-30-32-33-34-35-36-37-39-40-42-45-48-51-54-57-60-63-69(72)75-66-67(65-74-68(71)62-59-56-53-50-47-44-27-24-21-18-15-12-9-6-3)76-70(73)64-61-58-55-52-49-46-43-41-38-31-29-26-23-20-17-14-11-8-5-2/h30,32,67H,4-29,31,33-66H2,1-3H3/b32-30-. The maximum absolute atomic E-state index is 12.9. The summed E-state index contributed by atoms with van der Waals surface area (Å²) in [5.74, 6) is -0.827. The third-order valence-corrected chi connectivity index (χ3v) is 16.0. The lowest BCUT2D eigenvalue weighted by molar-refractivity contribution is -0.167. The molecule has 0 aliphatic rings. The SMILES string of the molecule is CCCCCCCCCC/C=C\CCCCCCCCCCCCCCCC(=O)OCC(COC(=O)CCCCCCCCCCCCCCCC)OC(=O)CCCCCCCCCCCCCCCCCCCCC. The van der Waals surface area contributed by atoms with Gasteiger partial charge in [-0.2, -0.15) is 0 Å². The van der Waals surface area contributed by atoms with E-state index in [9.17, 15) is 14.4 Å². The van der Waals surface area contributed by atoms with Crippen LogP contribution in [-0.4, -0.2) is 37.2 Å². The molecule has 0 aromatic rings. The van der Waals surface area contributed by atoms with Crippen LogP contribution in [0.5, 0.6) is 0 Å². The normalized spacial score (nSPS) is 12.0. The van der Waals surface area contributed by atoms with Crippen LogP contribution in [0, 0.1) is 0 Å². The first-order valence-electron chi connectivity index (χ1n) is 34.7. The Hall–Kier alpha value is -1.85. The molecule has 0 saturated carbocycles. The molecule has 0 N–H and O–H groups in total. The van der Waals surface area contributed by atoms with Gasteiger partial charge in [-0.1, -0.05) is 348 Å². The second-order valence-corrected chi connectivity index (χ2v) is 23.8. The maximum atomic E-state index is 12.9. The van der Waals surface area contributed by atoms with Gasteiger partial charge in [-0.15, -0.1) is 0 Å². The van der Waals surface area contributed by atoms with Crippen LogP contribution in [0.15, 0.2) is 12.2 Å². The van der Waals surface area contributed by atoms with Crippen LogP contribution in [0.1, 0.15) is 400 Å². The molecule has 450 valence electrons. The van der Waals surface area contributed by atoms with Crippen LogP contribution < -0.4 is 0 Å². The van der Waals surface area contributed by atoms with Gasteiger partial charge in [-0.25, -0.2) is 0 Å². The van der Waals surface area contributed by atoms with E-state index < -0.39 is 6.10 Å². The highest BCUT2D eigenvalue weighted by Gasteiger charge is 2.19. The van der Waals surface area contributed by atoms with Crippen molar-refractivity contribution in [3.05, 3.63) is 12.2 Å². The molecular weight excluding hydrogens is 937 g/mol. The average molecular weight is 1070 g/mol. The van der Waals surface area contributed by atoms with E-state index in [2.05, 4.69) is 32.9 Å². The van der Waals surface area contributed by atoms with Gasteiger partial charge in [0.25, 0.3) is 0 Å². The number of allylic oxidation sites excluding steroid dienone is 2. The molecule has 6 nitrogen and oxygen atoms in total. The van der Waals surface area contributed by atoms with Gasteiger partial charge in [0.05, 0.1) is 0 Å². The van der Waals surface area contributed by atoms with Gasteiger partial charge < -0.3 is 14.2 Å². The molecular formula is C70H134O6. The van der Waals surface area contributed by atoms with Crippen LogP contribution in [0.4, 0.5) is 0 Å². The lowest BCUT2D eigenvalue weighted by Crippen LogP contribution is -2.30. The molecule has 0 amide bonds. The minimum absolute atomic E-state index is 0.0625. The lowest BCUT2D eigenvalue weighted by Gasteiger charge is -2.18. The topological polar surface area (TPSA) is 78.9 Å². The van der Waals surface area contributed by atoms with Crippen molar-refractivity contribution in [3.63, 3.8) is 0 Å². The zero-order valence-electron chi connectivity index (χ0n) is 51.8. The zero-order valence-corrected chi connectivity index (χ0v) is 51.8. The number of hydrogen-bond donors (Lipinski definition) is 0. The second kappa shape index (κ2) is 65.7. The molecule has 0 aliphatic heterocycles. The molecule has 1 unspecified atom stereocenters. The van der Waals surface area contributed by atoms with Crippen molar-refractivity contribution in [2.45, 2.75) is 406 Å². The first kappa shape index (κ1) is 74.2. The molecule has 6 heteroatoms. The number of unbranched alkanes of at least 4 members (excludes halogenated alkanes) is 52. The van der Waals surface area contributed by atoms with Crippen molar-refractivity contribution in [1.82, 2.24) is 0 Å². The summed E-state index contributed by atoms with van der Waals surface area (Å²) in [4.78, 5) is 38.4. The minimum Gasteiger partial charge on any atom is -0.462 e. The zero-order chi connectivity index (χ0) is 55.0. The summed E-state index contributed by atoms with van der Waals surface area (Å²) in [7, 11) is 0. The third-order valence-electron chi connectivity index (χ3n) is 16.0. The van der Waals surface area contributed by atoms with Gasteiger partial charge in [0, 0.05) is 19.3 Å². The van der Waals surface area contributed by atoms with Crippen LogP contribution in [0.2, 0.25) is 0 Å². The Balaban J connectivity index is 4.22. The van der Waals surface area contributed by atoms with Crippen LogP contribution >= 0.6 is 0 Å². The van der Waals surface area contributed by atoms with Crippen molar-refractivity contribution in [3.8, 4) is 0 Å². The predicted molar refractivity (Wildman–Crippen MR) is 330 cm³/mol. The van der Waals surface area contributed by atoms with Crippen molar-refractivity contribution < 1.29 is 28.6 Å². The van der Waals surface area contributed by atoms with E-state index in [1.54, 1.807) is 0 Å². The first-order chi connectivity index (χ1) is 37.5. The number of esters is 3. The molecule has 0 aromatic heterocycles. The summed E-state index contributed by atoms with van der Waals surface area (Å²) >= 11 is 0. The number of carbonyl (C=O) groups is 3. The summed E-state index contributed by atoms with van der Waals surface area (Å²) in [6, 6.07) is 0. The quantitative estimate of drug-likeness (QED) is 0.0261. The van der Waals surface area contributed by atoms with Gasteiger partial charge in [0.15, 0.2) is 6.10 Å². The summed E-state index contributed by atoms with van der Waals surface area (Å²) in [5.41, 5.74) is 0. The largest absolute Gasteiger partial charge is 0.462 e. The Morgan fingerprint density at radius 2 is 0.434 bits per heavy atom. The molecule has 1 atom stereocenters. The van der Waals surface area contributed by atoms with E-state index in [1.807, 2.05) is 0 Å². The number of carbonyl (C=O) groups excluding carboxylic acids is 3. The van der Waals surface area contributed by atoms with Crippen molar-refractivity contribution in [2.24, 2.45) is 0 Å². The molecule has 76 heavy (non-hydrogen) atoms. The Bertz CT molecular complexity index is 1180. The molecule has 0 radical (unpaired) electrons. The molecule has 0 aromatic carbocycles. The smallest absolute Gasteiger partial charge is 0.306 e. The Labute approximate surface area is 475 Å². The highest BCUT2D eigenvalue weighted by Crippen LogP contribution is 2.19. The fourth-order valence-electron chi connectivity index (χ4n) is 10.8. The third kappa shape index (κ3) is 63.0. The maximum Gasteiger partial charge on any atom is 0.306 e. The summed E-state index contributed by atoms with van der Waals surface area (Å²) in [6.07, 6.45) is 78.0. The van der Waals surface area contributed by atoms with Gasteiger partial charge in [-0.05, 0) is 44.9 Å². The summed E-state index contributed by atoms with van der Waals surface area (Å²) in [6.45, 7) is 6.73. The van der Waals surface area contributed by atoms with Gasteiger partial charge in [0.1, 0.15) is 13.2 Å². The van der Waals surface area contributed by atoms with E-state index in [4.69, 9.17) is 14.2 Å². The number of rotatable bonds is 65. The molecule has 0 saturated heterocycles. The van der Waals surface area contributed by atoms with Crippen molar-refractivity contribution in [2.75, 3.05) is 13.2 Å². The Kier molecular flexibility index (Phi) is 64.1. The second-order valence-electron chi connectivity index (χ2n) is 23.8. The molecule has 0 fully saturated rings. The van der Waals surface area contributed by atoms with E-state index in [1.165, 1.54) is 302 Å². The fraction of sp³-hybridized carbons (Fsp3) is 0.929. The minimum atomic E-state index is -0.765. The van der Waals surface area contributed by atoms with Crippen LogP contribution in [0.3, 0.4) is 0 Å². The summed E-state index contributed by atoms with van der Waals surface area (Å²) < 4.78 is 17.0. The molecule has 0 rings (SSSR count). The lowest BCUT2D eigenvalue weighted by atomic mass is 10.0. The molecule has 0 aliphatic carbocycles. The fourth-order valence-corrected chi connectivity index (χ4v) is 10.8. The van der Waals surface area contributed by atoms with Crippen molar-refractivity contribution in [1.29, 1.82) is 0 Å². The van der Waals surface area contributed by atoms with Crippen molar-refractivity contribution >= 4 is 17.9 Å². The van der Waals surface area contributed by atoms with Crippen LogP contribution in [-0.2, 0) is 28.6 Å². The Morgan fingerprint density at radius 1 is 0.250 bits per heavy atom. The average Bonchev–Trinajstić information content (AvgIpc) is 3.42. The van der Waals surface area contributed by atoms with Gasteiger partial charge in [-0.3, -0.25) is 14.4 Å². The highest BCUT2D eigenvalue weighted by atomic mass is 16.6. The number of hydrogen-bond acceptors (Lipinski definition) is 6. The van der Waals surface area contributed by atoms with Crippen LogP contribution in [0.25, 0.3) is 0 Å². The van der Waals surface area contributed by atoms with Gasteiger partial charge in [0.2, 0.25) is 0 Å². The Morgan fingerprint density at radius 3 is 0.658 bits per heavy atom. The first-order valence-corrected chi connectivity index (χ1v) is 34.7. The van der Waals surface area contributed by atoms with Gasteiger partial charge >= 0.3 is 17.9 Å². The van der Waals surface area contributed by atoms with E-state index in [0.717, 1.165) is 57.8 Å². The van der Waals surface area contributed by atoms with E-state index in [0.29, 0.717) is 19.3 Å². The van der Waals surface area contributed by atoms with E-state index in [-0.39, 0.29) is 31.1 Å². The molecule has 0 bridgehead atoms. The highest BCUT2D eigenvalue weighted by molar-refractivity contribution is 5.71. The monoisotopic (exact) mass is 1070 g/mol. The predicted octanol–water partition coefficient (Wildman–Crippen LogP) is 23.6. The molecule has 0 spiro atoms.